The second-order valence-corrected chi connectivity index (χ2v) is 6.42. The average molecular weight is 253 g/mol. The van der Waals surface area contributed by atoms with E-state index in [1.54, 1.807) is 0 Å². The van der Waals surface area contributed by atoms with Gasteiger partial charge in [0, 0.05) is 15.8 Å². The first-order valence-electron chi connectivity index (χ1n) is 6.95. The van der Waals surface area contributed by atoms with Crippen LogP contribution in [0.2, 0.25) is 0 Å². The van der Waals surface area contributed by atoms with Gasteiger partial charge in [-0.25, -0.2) is 0 Å². The van der Waals surface area contributed by atoms with Gasteiger partial charge < -0.3 is 5.32 Å². The molecule has 2 heteroatoms. The van der Waals surface area contributed by atoms with Gasteiger partial charge in [-0.1, -0.05) is 32.6 Å². The lowest BCUT2D eigenvalue weighted by atomic mass is 10.1. The molecule has 1 unspecified atom stereocenters. The summed E-state index contributed by atoms with van der Waals surface area (Å²) in [5.41, 5.74) is 1.49. The van der Waals surface area contributed by atoms with E-state index in [9.17, 15) is 0 Å². The minimum Gasteiger partial charge on any atom is -0.310 e. The fraction of sp³-hybridized carbons (Fsp3) is 0.733. The van der Waals surface area contributed by atoms with Crippen LogP contribution in [0.4, 0.5) is 0 Å². The first-order chi connectivity index (χ1) is 8.15. The Labute approximate surface area is 111 Å². The Balaban J connectivity index is 2.21. The highest BCUT2D eigenvalue weighted by Gasteiger charge is 2.09. The van der Waals surface area contributed by atoms with E-state index in [1.165, 1.54) is 47.4 Å². The van der Waals surface area contributed by atoms with Gasteiger partial charge in [0.25, 0.3) is 0 Å². The number of rotatable bonds is 8. The molecule has 0 spiro atoms. The molecule has 1 aromatic heterocycles. The molecule has 0 aliphatic carbocycles. The van der Waals surface area contributed by atoms with Crippen molar-refractivity contribution in [2.45, 2.75) is 65.8 Å². The molecule has 0 saturated carbocycles. The van der Waals surface area contributed by atoms with Crippen molar-refractivity contribution >= 4 is 11.3 Å². The van der Waals surface area contributed by atoms with Crippen molar-refractivity contribution < 1.29 is 0 Å². The summed E-state index contributed by atoms with van der Waals surface area (Å²) in [7, 11) is 0. The number of thiophene rings is 1. The summed E-state index contributed by atoms with van der Waals surface area (Å²) >= 11 is 1.91. The van der Waals surface area contributed by atoms with E-state index < -0.39 is 0 Å². The van der Waals surface area contributed by atoms with Crippen molar-refractivity contribution in [2.24, 2.45) is 0 Å². The van der Waals surface area contributed by atoms with Crippen molar-refractivity contribution in [3.63, 3.8) is 0 Å². The average Bonchev–Trinajstić information content (AvgIpc) is 2.62. The van der Waals surface area contributed by atoms with Crippen LogP contribution in [0.25, 0.3) is 0 Å². The molecular weight excluding hydrogens is 226 g/mol. The SMILES string of the molecule is CCCCCCCNC(C)c1cc(C)sc1C. The van der Waals surface area contributed by atoms with Crippen molar-refractivity contribution in [3.8, 4) is 0 Å². The Hall–Kier alpha value is -0.340. The van der Waals surface area contributed by atoms with Gasteiger partial charge in [-0.3, -0.25) is 0 Å². The molecule has 1 atom stereocenters. The van der Waals surface area contributed by atoms with E-state index in [0.717, 1.165) is 6.54 Å². The maximum absolute atomic E-state index is 3.64. The van der Waals surface area contributed by atoms with Crippen LogP contribution in [0.3, 0.4) is 0 Å². The van der Waals surface area contributed by atoms with Crippen LogP contribution in [-0.4, -0.2) is 6.54 Å². The van der Waals surface area contributed by atoms with Crippen molar-refractivity contribution in [1.82, 2.24) is 5.32 Å². The van der Waals surface area contributed by atoms with E-state index in [1.807, 2.05) is 11.3 Å². The quantitative estimate of drug-likeness (QED) is 0.644. The lowest BCUT2D eigenvalue weighted by Gasteiger charge is -2.13. The molecule has 1 rings (SSSR count). The summed E-state index contributed by atoms with van der Waals surface area (Å²) in [5.74, 6) is 0. The van der Waals surface area contributed by atoms with Crippen molar-refractivity contribution in [3.05, 3.63) is 21.4 Å². The van der Waals surface area contributed by atoms with E-state index in [-0.39, 0.29) is 0 Å². The lowest BCUT2D eigenvalue weighted by Crippen LogP contribution is -2.19. The standard InChI is InChI=1S/C15H27NS/c1-5-6-7-8-9-10-16-13(3)15-11-12(2)17-14(15)4/h11,13,16H,5-10H2,1-4H3. The topological polar surface area (TPSA) is 12.0 Å². The molecule has 0 saturated heterocycles. The van der Waals surface area contributed by atoms with E-state index in [4.69, 9.17) is 0 Å². The predicted octanol–water partition coefficient (Wildman–Crippen LogP) is 4.99. The van der Waals surface area contributed by atoms with E-state index in [0.29, 0.717) is 6.04 Å². The number of hydrogen-bond donors (Lipinski definition) is 1. The van der Waals surface area contributed by atoms with Crippen LogP contribution in [0.5, 0.6) is 0 Å². The van der Waals surface area contributed by atoms with Crippen LogP contribution in [0.15, 0.2) is 6.07 Å². The van der Waals surface area contributed by atoms with Crippen molar-refractivity contribution in [1.29, 1.82) is 0 Å². The molecular formula is C15H27NS. The molecule has 0 radical (unpaired) electrons. The normalized spacial score (nSPS) is 12.9. The smallest absolute Gasteiger partial charge is 0.0302 e. The first-order valence-corrected chi connectivity index (χ1v) is 7.77. The van der Waals surface area contributed by atoms with Gasteiger partial charge in [0.15, 0.2) is 0 Å². The van der Waals surface area contributed by atoms with Crippen LogP contribution in [0.1, 0.15) is 67.3 Å². The van der Waals surface area contributed by atoms with Gasteiger partial charge in [0.05, 0.1) is 0 Å². The number of aryl methyl sites for hydroxylation is 2. The lowest BCUT2D eigenvalue weighted by molar-refractivity contribution is 0.531. The third-order valence-electron chi connectivity index (χ3n) is 3.28. The molecule has 17 heavy (non-hydrogen) atoms. The fourth-order valence-electron chi connectivity index (χ4n) is 2.24. The number of nitrogens with one attached hydrogen (secondary N) is 1. The largest absolute Gasteiger partial charge is 0.310 e. The molecule has 0 fully saturated rings. The molecule has 0 amide bonds. The molecule has 98 valence electrons. The summed E-state index contributed by atoms with van der Waals surface area (Å²) in [5, 5.41) is 3.64. The third-order valence-corrected chi connectivity index (χ3v) is 4.26. The zero-order valence-corrected chi connectivity index (χ0v) is 12.6. The Morgan fingerprint density at radius 1 is 1.18 bits per heavy atom. The fourth-order valence-corrected chi connectivity index (χ4v) is 3.26. The maximum Gasteiger partial charge on any atom is 0.0302 e. The minimum atomic E-state index is 0.506. The Morgan fingerprint density at radius 3 is 2.47 bits per heavy atom. The Bertz CT molecular complexity index is 317. The summed E-state index contributed by atoms with van der Waals surface area (Å²) in [6.07, 6.45) is 6.79. The monoisotopic (exact) mass is 253 g/mol. The van der Waals surface area contributed by atoms with Crippen LogP contribution in [-0.2, 0) is 0 Å². The van der Waals surface area contributed by atoms with Crippen LogP contribution >= 0.6 is 11.3 Å². The first kappa shape index (κ1) is 14.7. The Morgan fingerprint density at radius 2 is 1.88 bits per heavy atom. The molecule has 1 N–H and O–H groups in total. The highest BCUT2D eigenvalue weighted by atomic mass is 32.1. The molecule has 1 nitrogen and oxygen atoms in total. The third kappa shape index (κ3) is 5.22. The zero-order chi connectivity index (χ0) is 12.7. The number of hydrogen-bond acceptors (Lipinski definition) is 2. The molecule has 0 aromatic carbocycles. The van der Waals surface area contributed by atoms with Crippen molar-refractivity contribution in [2.75, 3.05) is 6.54 Å². The highest BCUT2D eigenvalue weighted by molar-refractivity contribution is 7.12. The van der Waals surface area contributed by atoms with Crippen LogP contribution in [0, 0.1) is 13.8 Å². The molecule has 0 aliphatic heterocycles. The second kappa shape index (κ2) is 7.88. The summed E-state index contributed by atoms with van der Waals surface area (Å²) in [4.78, 5) is 2.89. The predicted molar refractivity (Wildman–Crippen MR) is 79.0 cm³/mol. The zero-order valence-electron chi connectivity index (χ0n) is 11.8. The summed E-state index contributed by atoms with van der Waals surface area (Å²) in [6, 6.07) is 2.83. The second-order valence-electron chi connectivity index (χ2n) is 4.96. The highest BCUT2D eigenvalue weighted by Crippen LogP contribution is 2.25. The Kier molecular flexibility index (Phi) is 6.83. The van der Waals surface area contributed by atoms with Gasteiger partial charge in [-0.15, -0.1) is 11.3 Å². The number of unbranched alkanes of at least 4 members (excludes halogenated alkanes) is 4. The van der Waals surface area contributed by atoms with E-state index in [2.05, 4.69) is 39.1 Å². The minimum absolute atomic E-state index is 0.506. The van der Waals surface area contributed by atoms with Gasteiger partial charge in [0.2, 0.25) is 0 Å². The van der Waals surface area contributed by atoms with Gasteiger partial charge in [0.1, 0.15) is 0 Å². The molecule has 0 bridgehead atoms. The van der Waals surface area contributed by atoms with Crippen LogP contribution < -0.4 is 5.32 Å². The maximum atomic E-state index is 3.64. The van der Waals surface area contributed by atoms with Gasteiger partial charge in [-0.2, -0.15) is 0 Å². The molecule has 1 aromatic rings. The molecule has 1 heterocycles. The summed E-state index contributed by atoms with van der Waals surface area (Å²) in [6.45, 7) is 10.1. The van der Waals surface area contributed by atoms with E-state index >= 15 is 0 Å². The van der Waals surface area contributed by atoms with Gasteiger partial charge >= 0.3 is 0 Å². The molecule has 0 aliphatic rings. The van der Waals surface area contributed by atoms with Gasteiger partial charge in [-0.05, 0) is 45.4 Å². The summed E-state index contributed by atoms with van der Waals surface area (Å²) < 4.78 is 0.